The molecule has 10 nitrogen and oxygen atoms in total. The van der Waals surface area contributed by atoms with Crippen LogP contribution in [0.1, 0.15) is 29.5 Å². The van der Waals surface area contributed by atoms with E-state index in [9.17, 15) is 29.3 Å². The number of carbonyl (C=O) groups is 2. The minimum absolute atomic E-state index is 0.00292. The number of halogens is 1. The monoisotopic (exact) mass is 544 g/mol. The molecule has 0 bridgehead atoms. The quantitative estimate of drug-likeness (QED) is 0.329. The van der Waals surface area contributed by atoms with Crippen LogP contribution in [-0.2, 0) is 27.5 Å². The van der Waals surface area contributed by atoms with E-state index in [-0.39, 0.29) is 38.5 Å². The van der Waals surface area contributed by atoms with Crippen molar-refractivity contribution >= 4 is 11.8 Å². The van der Waals surface area contributed by atoms with Crippen molar-refractivity contribution in [2.24, 2.45) is 0 Å². The Morgan fingerprint density at radius 1 is 1.15 bits per heavy atom. The Labute approximate surface area is 225 Å². The third-order valence-corrected chi connectivity index (χ3v) is 6.87. The fourth-order valence-electron chi connectivity index (χ4n) is 5.04. The molecule has 0 aromatic heterocycles. The van der Waals surface area contributed by atoms with Gasteiger partial charge in [-0.25, -0.2) is 4.39 Å². The third-order valence-electron chi connectivity index (χ3n) is 6.87. The predicted octanol–water partition coefficient (Wildman–Crippen LogP) is 1.01. The first-order valence-electron chi connectivity index (χ1n) is 12.7. The number of ether oxygens (including phenoxy) is 3. The van der Waals surface area contributed by atoms with E-state index < -0.39 is 41.8 Å². The molecule has 1 heterocycles. The molecule has 1 aliphatic heterocycles. The van der Waals surface area contributed by atoms with Crippen LogP contribution in [0.5, 0.6) is 11.5 Å². The minimum atomic E-state index is -1.27. The highest BCUT2D eigenvalue weighted by Gasteiger charge is 2.51. The van der Waals surface area contributed by atoms with Crippen LogP contribution in [0.4, 0.5) is 4.39 Å². The molecule has 0 unspecified atom stereocenters. The van der Waals surface area contributed by atoms with Crippen molar-refractivity contribution in [3.8, 4) is 11.5 Å². The first-order valence-corrected chi connectivity index (χ1v) is 12.7. The molecule has 2 aromatic rings. The molecule has 2 aliphatic rings. The maximum Gasteiger partial charge on any atom is 0.249 e. The van der Waals surface area contributed by atoms with Gasteiger partial charge in [0.2, 0.25) is 11.8 Å². The first-order chi connectivity index (χ1) is 18.8. The number of benzene rings is 2. The summed E-state index contributed by atoms with van der Waals surface area (Å²) in [5.41, 5.74) is 1.93. The topological polar surface area (TPSA) is 138 Å². The van der Waals surface area contributed by atoms with Crippen molar-refractivity contribution in [3.63, 3.8) is 0 Å². The Bertz CT molecular complexity index is 1220. The number of fused-ring (bicyclic) bond motifs is 3. The molecule has 0 fully saturated rings. The maximum atomic E-state index is 13.5. The molecule has 0 saturated carbocycles. The number of nitrogens with one attached hydrogen (secondary N) is 1. The standard InChI is InChI=1S/C28H33FN2O8/c1-3-38-15-23(34)31(13-16-4-6-18(29)7-5-16)21-12-20(28(36)30-8-9-32)24-19-10-17(14-33)11-22(37-2)26(19)39-27(24)25(21)35/h4-7,10-12,21,24-25,27,32-33,35H,3,8-9,13-15H2,1-2H3,(H,30,36)/t21-,24+,25+,27+/m1/s1. The molecule has 1 aliphatic carbocycles. The van der Waals surface area contributed by atoms with Crippen LogP contribution in [0.15, 0.2) is 48.0 Å². The summed E-state index contributed by atoms with van der Waals surface area (Å²) in [4.78, 5) is 28.1. The zero-order valence-electron chi connectivity index (χ0n) is 21.8. The van der Waals surface area contributed by atoms with Crippen molar-refractivity contribution < 1.29 is 43.5 Å². The van der Waals surface area contributed by atoms with Gasteiger partial charge in [0.05, 0.1) is 32.3 Å². The van der Waals surface area contributed by atoms with Crippen molar-refractivity contribution in [2.45, 2.75) is 44.2 Å². The first kappa shape index (κ1) is 28.5. The number of amides is 2. The molecular formula is C28H33FN2O8. The molecule has 2 amide bonds. The predicted molar refractivity (Wildman–Crippen MR) is 137 cm³/mol. The third kappa shape index (κ3) is 5.91. The lowest BCUT2D eigenvalue weighted by molar-refractivity contribution is -0.142. The van der Waals surface area contributed by atoms with Crippen LogP contribution in [0, 0.1) is 5.82 Å². The second-order valence-corrected chi connectivity index (χ2v) is 9.30. The van der Waals surface area contributed by atoms with Gasteiger partial charge >= 0.3 is 0 Å². The van der Waals surface area contributed by atoms with E-state index in [0.717, 1.165) is 0 Å². The number of nitrogens with zero attached hydrogens (tertiary/aromatic N) is 1. The molecule has 4 atom stereocenters. The van der Waals surface area contributed by atoms with E-state index >= 15 is 0 Å². The van der Waals surface area contributed by atoms with Crippen molar-refractivity contribution in [2.75, 3.05) is 33.5 Å². The Hall–Kier alpha value is -3.51. The second kappa shape index (κ2) is 12.6. The Balaban J connectivity index is 1.80. The van der Waals surface area contributed by atoms with Crippen molar-refractivity contribution in [1.29, 1.82) is 0 Å². The summed E-state index contributed by atoms with van der Waals surface area (Å²) < 4.78 is 30.5. The number of aliphatic hydroxyl groups is 3. The second-order valence-electron chi connectivity index (χ2n) is 9.30. The summed E-state index contributed by atoms with van der Waals surface area (Å²) >= 11 is 0. The van der Waals surface area contributed by atoms with Gasteiger partial charge in [-0.2, -0.15) is 0 Å². The van der Waals surface area contributed by atoms with Gasteiger partial charge in [-0.3, -0.25) is 9.59 Å². The molecule has 0 saturated heterocycles. The highest BCUT2D eigenvalue weighted by molar-refractivity contribution is 5.96. The molecule has 0 radical (unpaired) electrons. The molecule has 2 aromatic carbocycles. The van der Waals surface area contributed by atoms with E-state index in [0.29, 0.717) is 34.8 Å². The molecular weight excluding hydrogens is 511 g/mol. The summed E-state index contributed by atoms with van der Waals surface area (Å²) in [6.45, 7) is 1.24. The van der Waals surface area contributed by atoms with Crippen LogP contribution in [0.2, 0.25) is 0 Å². The Morgan fingerprint density at radius 3 is 2.54 bits per heavy atom. The van der Waals surface area contributed by atoms with Gasteiger partial charge in [-0.15, -0.1) is 0 Å². The molecule has 39 heavy (non-hydrogen) atoms. The number of hydrogen-bond donors (Lipinski definition) is 4. The minimum Gasteiger partial charge on any atom is -0.493 e. The fraction of sp³-hybridized carbons (Fsp3) is 0.429. The summed E-state index contributed by atoms with van der Waals surface area (Å²) in [6.07, 6.45) is -0.712. The summed E-state index contributed by atoms with van der Waals surface area (Å²) in [7, 11) is 1.45. The number of aliphatic hydroxyl groups excluding tert-OH is 3. The lowest BCUT2D eigenvalue weighted by Crippen LogP contribution is -2.56. The van der Waals surface area contributed by atoms with Crippen molar-refractivity contribution in [3.05, 3.63) is 70.6 Å². The van der Waals surface area contributed by atoms with Crippen LogP contribution >= 0.6 is 0 Å². The number of rotatable bonds is 11. The normalized spacial score (nSPS) is 21.3. The van der Waals surface area contributed by atoms with Gasteiger partial charge in [0.25, 0.3) is 0 Å². The molecule has 4 rings (SSSR count). The van der Waals surface area contributed by atoms with Gasteiger partial charge in [0.15, 0.2) is 11.5 Å². The SMILES string of the molecule is CCOCC(=O)N(Cc1ccc(F)cc1)[C@@H]1C=C(C(=O)NCCO)[C@@H]2c3cc(CO)cc(OC)c3O[C@@H]2[C@H]1O. The lowest BCUT2D eigenvalue weighted by atomic mass is 9.77. The Morgan fingerprint density at radius 2 is 1.90 bits per heavy atom. The van der Waals surface area contributed by atoms with Crippen LogP contribution in [-0.4, -0.2) is 83.8 Å². The van der Waals surface area contributed by atoms with Gasteiger partial charge < -0.3 is 39.7 Å². The van der Waals surface area contributed by atoms with Crippen molar-refractivity contribution in [1.82, 2.24) is 10.2 Å². The van der Waals surface area contributed by atoms with Gasteiger partial charge in [-0.1, -0.05) is 12.1 Å². The number of methoxy groups -OCH3 is 1. The van der Waals surface area contributed by atoms with E-state index in [1.807, 2.05) is 0 Å². The number of carbonyl (C=O) groups excluding carboxylic acids is 2. The van der Waals surface area contributed by atoms with Crippen LogP contribution < -0.4 is 14.8 Å². The average molecular weight is 545 g/mol. The summed E-state index contributed by atoms with van der Waals surface area (Å²) in [6, 6.07) is 7.93. The molecule has 11 heteroatoms. The fourth-order valence-corrected chi connectivity index (χ4v) is 5.04. The van der Waals surface area contributed by atoms with Gasteiger partial charge in [0.1, 0.15) is 24.6 Å². The zero-order valence-corrected chi connectivity index (χ0v) is 21.8. The van der Waals surface area contributed by atoms with E-state index in [4.69, 9.17) is 14.2 Å². The van der Waals surface area contributed by atoms with E-state index in [1.165, 1.54) is 42.4 Å². The molecule has 0 spiro atoms. The van der Waals surface area contributed by atoms with Gasteiger partial charge in [0, 0.05) is 30.8 Å². The average Bonchev–Trinajstić information content (AvgIpc) is 3.34. The maximum absolute atomic E-state index is 13.5. The summed E-state index contributed by atoms with van der Waals surface area (Å²) in [5.74, 6) is -1.44. The Kier molecular flexibility index (Phi) is 9.18. The van der Waals surface area contributed by atoms with Crippen LogP contribution in [0.3, 0.4) is 0 Å². The van der Waals surface area contributed by atoms with E-state index in [1.54, 1.807) is 19.1 Å². The zero-order chi connectivity index (χ0) is 28.1. The van der Waals surface area contributed by atoms with Gasteiger partial charge in [-0.05, 0) is 48.4 Å². The van der Waals surface area contributed by atoms with E-state index in [2.05, 4.69) is 5.32 Å². The number of hydrogen-bond acceptors (Lipinski definition) is 8. The highest BCUT2D eigenvalue weighted by Crippen LogP contribution is 2.51. The summed E-state index contributed by atoms with van der Waals surface area (Å²) in [5, 5.41) is 33.3. The largest absolute Gasteiger partial charge is 0.493 e. The molecule has 210 valence electrons. The smallest absolute Gasteiger partial charge is 0.249 e. The van der Waals surface area contributed by atoms with Crippen LogP contribution in [0.25, 0.3) is 0 Å². The highest BCUT2D eigenvalue weighted by atomic mass is 19.1. The lowest BCUT2D eigenvalue weighted by Gasteiger charge is -2.40. The molecule has 4 N–H and O–H groups in total.